The molecule has 5 nitrogen and oxygen atoms in total. The number of hydrogen-bond acceptors (Lipinski definition) is 5. The highest BCUT2D eigenvalue weighted by molar-refractivity contribution is 6.28. The third-order valence-corrected chi connectivity index (χ3v) is 3.42. The molecule has 0 bridgehead atoms. The second kappa shape index (κ2) is 6.62. The molecule has 1 aromatic heterocycles. The molecule has 0 fully saturated rings. The highest BCUT2D eigenvalue weighted by Crippen LogP contribution is 2.27. The molecule has 0 saturated heterocycles. The van der Waals surface area contributed by atoms with Crippen molar-refractivity contribution in [1.82, 2.24) is 9.97 Å². The van der Waals surface area contributed by atoms with Crippen molar-refractivity contribution in [3.8, 4) is 0 Å². The van der Waals surface area contributed by atoms with E-state index in [0.29, 0.717) is 23.7 Å². The van der Waals surface area contributed by atoms with Crippen LogP contribution in [-0.2, 0) is 4.74 Å². The number of hydrogen-bond donors (Lipinski definition) is 1. The lowest BCUT2D eigenvalue weighted by Gasteiger charge is -2.12. The van der Waals surface area contributed by atoms with Gasteiger partial charge in [-0.2, -0.15) is 4.98 Å². The summed E-state index contributed by atoms with van der Waals surface area (Å²) in [5.41, 5.74) is 1.77. The maximum Gasteiger partial charge on any atom is 0.340 e. The predicted molar refractivity (Wildman–Crippen MR) is 90.2 cm³/mol. The van der Waals surface area contributed by atoms with E-state index >= 15 is 0 Å². The molecular formula is C17H14ClN3O2. The lowest BCUT2D eigenvalue weighted by molar-refractivity contribution is 0.0527. The van der Waals surface area contributed by atoms with E-state index in [1.165, 1.54) is 0 Å². The van der Waals surface area contributed by atoms with Crippen LogP contribution in [0.25, 0.3) is 10.9 Å². The zero-order chi connectivity index (χ0) is 16.2. The zero-order valence-electron chi connectivity index (χ0n) is 12.4. The molecule has 0 aliphatic heterocycles. The van der Waals surface area contributed by atoms with E-state index in [1.54, 1.807) is 25.1 Å². The SMILES string of the molecule is CCOC(=O)c1ccccc1Nc1nc(Cl)nc2ccccc12. The van der Waals surface area contributed by atoms with Crippen LogP contribution >= 0.6 is 11.6 Å². The van der Waals surface area contributed by atoms with Crippen molar-refractivity contribution < 1.29 is 9.53 Å². The summed E-state index contributed by atoms with van der Waals surface area (Å²) in [6, 6.07) is 14.6. The molecule has 116 valence electrons. The first kappa shape index (κ1) is 15.2. The Bertz CT molecular complexity index is 867. The number of benzene rings is 2. The molecule has 6 heteroatoms. The second-order valence-electron chi connectivity index (χ2n) is 4.75. The molecule has 1 N–H and O–H groups in total. The number of fused-ring (bicyclic) bond motifs is 1. The Morgan fingerprint density at radius 3 is 2.70 bits per heavy atom. The van der Waals surface area contributed by atoms with Crippen molar-refractivity contribution in [2.24, 2.45) is 0 Å². The van der Waals surface area contributed by atoms with Gasteiger partial charge in [0, 0.05) is 5.39 Å². The number of rotatable bonds is 4. The van der Waals surface area contributed by atoms with Gasteiger partial charge >= 0.3 is 5.97 Å². The van der Waals surface area contributed by atoms with Crippen LogP contribution in [0.5, 0.6) is 0 Å². The summed E-state index contributed by atoms with van der Waals surface area (Å²) in [4.78, 5) is 20.5. The van der Waals surface area contributed by atoms with Gasteiger partial charge in [0.25, 0.3) is 0 Å². The number of aromatic nitrogens is 2. The van der Waals surface area contributed by atoms with Crippen molar-refractivity contribution in [2.75, 3.05) is 11.9 Å². The van der Waals surface area contributed by atoms with E-state index in [-0.39, 0.29) is 11.3 Å². The molecule has 2 aromatic carbocycles. The molecule has 3 aromatic rings. The number of esters is 1. The lowest BCUT2D eigenvalue weighted by Crippen LogP contribution is -2.08. The van der Waals surface area contributed by atoms with Crippen molar-refractivity contribution in [3.05, 3.63) is 59.4 Å². The Hall–Kier alpha value is -2.66. The Balaban J connectivity index is 2.05. The standard InChI is InChI=1S/C17H14ClN3O2/c1-2-23-16(22)12-8-4-6-10-14(12)19-15-11-7-3-5-9-13(11)20-17(18)21-15/h3-10H,2H2,1H3,(H,19,20,21). The maximum atomic E-state index is 12.1. The van der Waals surface area contributed by atoms with Gasteiger partial charge < -0.3 is 10.1 Å². The summed E-state index contributed by atoms with van der Waals surface area (Å²) in [5.74, 6) is 0.150. The highest BCUT2D eigenvalue weighted by Gasteiger charge is 2.14. The molecular weight excluding hydrogens is 314 g/mol. The average molecular weight is 328 g/mol. The summed E-state index contributed by atoms with van der Waals surface area (Å²) in [5, 5.41) is 4.11. The van der Waals surface area contributed by atoms with Crippen LogP contribution in [0.15, 0.2) is 48.5 Å². The van der Waals surface area contributed by atoms with Gasteiger partial charge in [0.05, 0.1) is 23.4 Å². The van der Waals surface area contributed by atoms with Crippen molar-refractivity contribution in [3.63, 3.8) is 0 Å². The molecule has 23 heavy (non-hydrogen) atoms. The molecule has 0 aliphatic carbocycles. The van der Waals surface area contributed by atoms with Gasteiger partial charge in [0.2, 0.25) is 5.28 Å². The quantitative estimate of drug-likeness (QED) is 0.574. The van der Waals surface area contributed by atoms with Gasteiger partial charge in [0.15, 0.2) is 0 Å². The number of nitrogens with one attached hydrogen (secondary N) is 1. The van der Waals surface area contributed by atoms with Crippen LogP contribution in [0.4, 0.5) is 11.5 Å². The van der Waals surface area contributed by atoms with E-state index in [4.69, 9.17) is 16.3 Å². The van der Waals surface area contributed by atoms with Crippen LogP contribution in [0.2, 0.25) is 5.28 Å². The molecule has 0 radical (unpaired) electrons. The number of carbonyl (C=O) groups is 1. The number of para-hydroxylation sites is 2. The predicted octanol–water partition coefficient (Wildman–Crippen LogP) is 4.20. The normalized spacial score (nSPS) is 10.5. The van der Waals surface area contributed by atoms with Gasteiger partial charge in [-0.25, -0.2) is 9.78 Å². The van der Waals surface area contributed by atoms with Crippen molar-refractivity contribution in [2.45, 2.75) is 6.92 Å². The van der Waals surface area contributed by atoms with E-state index in [2.05, 4.69) is 15.3 Å². The number of carbonyl (C=O) groups excluding carboxylic acids is 1. The van der Waals surface area contributed by atoms with E-state index < -0.39 is 0 Å². The minimum atomic E-state index is -0.389. The smallest absolute Gasteiger partial charge is 0.340 e. The van der Waals surface area contributed by atoms with E-state index in [0.717, 1.165) is 10.9 Å². The van der Waals surface area contributed by atoms with Crippen LogP contribution in [0.1, 0.15) is 17.3 Å². The monoisotopic (exact) mass is 327 g/mol. The van der Waals surface area contributed by atoms with E-state index in [1.807, 2.05) is 30.3 Å². The highest BCUT2D eigenvalue weighted by atomic mass is 35.5. The number of ether oxygens (including phenoxy) is 1. The third-order valence-electron chi connectivity index (χ3n) is 3.25. The molecule has 0 unspecified atom stereocenters. The Morgan fingerprint density at radius 2 is 1.87 bits per heavy atom. The van der Waals surface area contributed by atoms with Crippen molar-refractivity contribution in [1.29, 1.82) is 0 Å². The van der Waals surface area contributed by atoms with Crippen LogP contribution in [0, 0.1) is 0 Å². The first-order chi connectivity index (χ1) is 11.2. The fourth-order valence-corrected chi connectivity index (χ4v) is 2.43. The van der Waals surface area contributed by atoms with Gasteiger partial charge in [-0.3, -0.25) is 0 Å². The molecule has 0 atom stereocenters. The fourth-order valence-electron chi connectivity index (χ4n) is 2.25. The lowest BCUT2D eigenvalue weighted by atomic mass is 10.1. The maximum absolute atomic E-state index is 12.1. The summed E-state index contributed by atoms with van der Waals surface area (Å²) in [6.45, 7) is 2.08. The fraction of sp³-hybridized carbons (Fsp3) is 0.118. The van der Waals surface area contributed by atoms with Crippen LogP contribution in [0.3, 0.4) is 0 Å². The first-order valence-corrected chi connectivity index (χ1v) is 7.52. The molecule has 0 spiro atoms. The molecule has 1 heterocycles. The van der Waals surface area contributed by atoms with E-state index in [9.17, 15) is 4.79 Å². The largest absolute Gasteiger partial charge is 0.462 e. The summed E-state index contributed by atoms with van der Waals surface area (Å²) >= 11 is 5.99. The average Bonchev–Trinajstić information content (AvgIpc) is 2.55. The minimum absolute atomic E-state index is 0.139. The summed E-state index contributed by atoms with van der Waals surface area (Å²) in [6.07, 6.45) is 0. The van der Waals surface area contributed by atoms with Crippen LogP contribution < -0.4 is 5.32 Å². The Kier molecular flexibility index (Phi) is 4.39. The van der Waals surface area contributed by atoms with Gasteiger partial charge in [0.1, 0.15) is 5.82 Å². The summed E-state index contributed by atoms with van der Waals surface area (Å²) < 4.78 is 5.08. The number of anilines is 2. The third kappa shape index (κ3) is 3.24. The second-order valence-corrected chi connectivity index (χ2v) is 5.09. The van der Waals surface area contributed by atoms with Gasteiger partial charge in [-0.15, -0.1) is 0 Å². The number of nitrogens with zero attached hydrogens (tertiary/aromatic N) is 2. The molecule has 3 rings (SSSR count). The van der Waals surface area contributed by atoms with Crippen molar-refractivity contribution >= 4 is 40.0 Å². The Morgan fingerprint density at radius 1 is 1.13 bits per heavy atom. The first-order valence-electron chi connectivity index (χ1n) is 7.14. The number of halogens is 1. The van der Waals surface area contributed by atoms with Gasteiger partial charge in [-0.05, 0) is 42.8 Å². The topological polar surface area (TPSA) is 64.1 Å². The summed E-state index contributed by atoms with van der Waals surface area (Å²) in [7, 11) is 0. The van der Waals surface area contributed by atoms with Gasteiger partial charge in [-0.1, -0.05) is 24.3 Å². The van der Waals surface area contributed by atoms with Crippen LogP contribution in [-0.4, -0.2) is 22.5 Å². The zero-order valence-corrected chi connectivity index (χ0v) is 13.2. The minimum Gasteiger partial charge on any atom is -0.462 e. The molecule has 0 saturated carbocycles. The molecule has 0 aliphatic rings. The molecule has 0 amide bonds. The Labute approximate surface area is 138 Å².